The molecule has 1 unspecified atom stereocenters. The van der Waals surface area contributed by atoms with Crippen LogP contribution in [0.25, 0.3) is 5.69 Å². The summed E-state index contributed by atoms with van der Waals surface area (Å²) in [6.07, 6.45) is 7.49. The zero-order valence-electron chi connectivity index (χ0n) is 18.5. The van der Waals surface area contributed by atoms with E-state index < -0.39 is 0 Å². The first kappa shape index (κ1) is 21.3. The molecule has 4 rings (SSSR count). The third kappa shape index (κ3) is 5.61. The van der Waals surface area contributed by atoms with Crippen molar-refractivity contribution in [2.75, 3.05) is 19.7 Å². The summed E-state index contributed by atoms with van der Waals surface area (Å²) in [6, 6.07) is 16.6. The Labute approximate surface area is 184 Å². The molecule has 2 aromatic carbocycles. The van der Waals surface area contributed by atoms with E-state index in [2.05, 4.69) is 16.9 Å². The molecule has 1 aromatic heterocycles. The summed E-state index contributed by atoms with van der Waals surface area (Å²) in [6.45, 7) is 7.40. The molecule has 1 fully saturated rings. The number of ether oxygens (including phenoxy) is 1. The zero-order chi connectivity index (χ0) is 21.6. The van der Waals surface area contributed by atoms with Crippen molar-refractivity contribution < 1.29 is 9.53 Å². The molecule has 1 aliphatic rings. The van der Waals surface area contributed by atoms with Crippen LogP contribution in [0.1, 0.15) is 47.7 Å². The van der Waals surface area contributed by atoms with Crippen molar-refractivity contribution in [1.29, 1.82) is 0 Å². The number of nitrogens with zero attached hydrogens (tertiary/aromatic N) is 3. The van der Waals surface area contributed by atoms with Gasteiger partial charge < -0.3 is 9.64 Å². The van der Waals surface area contributed by atoms with Gasteiger partial charge in [-0.15, -0.1) is 0 Å². The molecule has 0 aliphatic carbocycles. The molecule has 0 N–H and O–H groups in total. The summed E-state index contributed by atoms with van der Waals surface area (Å²) in [7, 11) is 0. The predicted octanol–water partition coefficient (Wildman–Crippen LogP) is 4.86. The number of carbonyl (C=O) groups excluding carboxylic acids is 1. The average Bonchev–Trinajstić information content (AvgIpc) is 3.43. The Kier molecular flexibility index (Phi) is 6.82. The highest BCUT2D eigenvalue weighted by Crippen LogP contribution is 2.18. The van der Waals surface area contributed by atoms with Gasteiger partial charge in [0.2, 0.25) is 0 Å². The van der Waals surface area contributed by atoms with Gasteiger partial charge in [-0.2, -0.15) is 5.10 Å². The fourth-order valence-corrected chi connectivity index (χ4v) is 4.08. The minimum absolute atomic E-state index is 0.0716. The van der Waals surface area contributed by atoms with Crippen LogP contribution in [-0.4, -0.2) is 46.2 Å². The largest absolute Gasteiger partial charge is 0.494 e. The number of aromatic nitrogens is 2. The molecule has 162 valence electrons. The Morgan fingerprint density at radius 3 is 2.61 bits per heavy atom. The third-order valence-electron chi connectivity index (χ3n) is 6.04. The fraction of sp³-hybridized carbons (Fsp3) is 0.385. The SMILES string of the molecule is Cc1ccc(CC(=O)c2cnn(-c3ccc(OCCCN4CCCC4C)cc3)c2)cc1. The minimum Gasteiger partial charge on any atom is -0.494 e. The normalized spacial score (nSPS) is 16.5. The molecule has 31 heavy (non-hydrogen) atoms. The molecule has 0 bridgehead atoms. The monoisotopic (exact) mass is 417 g/mol. The van der Waals surface area contributed by atoms with Gasteiger partial charge in [0.05, 0.1) is 24.1 Å². The number of ketones is 1. The molecule has 5 heteroatoms. The third-order valence-corrected chi connectivity index (χ3v) is 6.04. The van der Waals surface area contributed by atoms with Gasteiger partial charge in [-0.1, -0.05) is 29.8 Å². The smallest absolute Gasteiger partial charge is 0.170 e. The Hall–Kier alpha value is -2.92. The fourth-order valence-electron chi connectivity index (χ4n) is 4.08. The van der Waals surface area contributed by atoms with Crippen molar-refractivity contribution in [2.45, 2.75) is 45.6 Å². The van der Waals surface area contributed by atoms with Crippen molar-refractivity contribution in [3.63, 3.8) is 0 Å². The maximum atomic E-state index is 12.6. The van der Waals surface area contributed by atoms with Gasteiger partial charge in [0.15, 0.2) is 5.78 Å². The first-order valence-corrected chi connectivity index (χ1v) is 11.2. The van der Waals surface area contributed by atoms with Crippen molar-refractivity contribution in [1.82, 2.24) is 14.7 Å². The van der Waals surface area contributed by atoms with Gasteiger partial charge in [0.1, 0.15) is 5.75 Å². The maximum Gasteiger partial charge on any atom is 0.170 e. The van der Waals surface area contributed by atoms with E-state index >= 15 is 0 Å². The van der Waals surface area contributed by atoms with E-state index in [9.17, 15) is 4.79 Å². The number of hydrogen-bond acceptors (Lipinski definition) is 4. The van der Waals surface area contributed by atoms with Gasteiger partial charge in [0.25, 0.3) is 0 Å². The Morgan fingerprint density at radius 2 is 1.90 bits per heavy atom. The zero-order valence-corrected chi connectivity index (χ0v) is 18.5. The van der Waals surface area contributed by atoms with E-state index in [1.807, 2.05) is 55.5 Å². The second kappa shape index (κ2) is 9.92. The molecule has 0 radical (unpaired) electrons. The molecule has 1 atom stereocenters. The lowest BCUT2D eigenvalue weighted by atomic mass is 10.0. The van der Waals surface area contributed by atoms with E-state index in [1.165, 1.54) is 24.9 Å². The van der Waals surface area contributed by atoms with Gasteiger partial charge in [0, 0.05) is 25.2 Å². The van der Waals surface area contributed by atoms with Crippen LogP contribution < -0.4 is 4.74 Å². The van der Waals surface area contributed by atoms with Gasteiger partial charge in [-0.3, -0.25) is 4.79 Å². The van der Waals surface area contributed by atoms with Crippen LogP contribution in [0.3, 0.4) is 0 Å². The molecule has 2 heterocycles. The molecule has 0 saturated carbocycles. The molecular formula is C26H31N3O2. The number of Topliss-reactive ketones (excluding diaryl/α,β-unsaturated/α-hetero) is 1. The number of benzene rings is 2. The van der Waals surface area contributed by atoms with Crippen LogP contribution in [0, 0.1) is 6.92 Å². The van der Waals surface area contributed by atoms with Crippen LogP contribution in [0.5, 0.6) is 5.75 Å². The van der Waals surface area contributed by atoms with Crippen molar-refractivity contribution in [3.8, 4) is 11.4 Å². The summed E-state index contributed by atoms with van der Waals surface area (Å²) in [5, 5.41) is 4.37. The first-order valence-electron chi connectivity index (χ1n) is 11.2. The number of carbonyl (C=O) groups is 1. The van der Waals surface area contributed by atoms with Gasteiger partial charge >= 0.3 is 0 Å². The van der Waals surface area contributed by atoms with Crippen LogP contribution in [0.15, 0.2) is 60.9 Å². The quantitative estimate of drug-likeness (QED) is 0.368. The van der Waals surface area contributed by atoms with Gasteiger partial charge in [-0.05, 0) is 69.5 Å². The van der Waals surface area contributed by atoms with Gasteiger partial charge in [-0.25, -0.2) is 4.68 Å². The summed E-state index contributed by atoms with van der Waals surface area (Å²) in [5.41, 5.74) is 3.74. The molecule has 5 nitrogen and oxygen atoms in total. The van der Waals surface area contributed by atoms with Crippen molar-refractivity contribution >= 4 is 5.78 Å². The summed E-state index contributed by atoms with van der Waals surface area (Å²) >= 11 is 0. The highest BCUT2D eigenvalue weighted by molar-refractivity contribution is 5.97. The Bertz CT molecular complexity index is 992. The van der Waals surface area contributed by atoms with Crippen LogP contribution >= 0.6 is 0 Å². The van der Waals surface area contributed by atoms with E-state index in [0.29, 0.717) is 18.0 Å². The number of aryl methyl sites for hydroxylation is 1. The Balaban J connectivity index is 1.28. The average molecular weight is 418 g/mol. The Morgan fingerprint density at radius 1 is 1.13 bits per heavy atom. The predicted molar refractivity (Wildman–Crippen MR) is 123 cm³/mol. The van der Waals surface area contributed by atoms with E-state index in [1.54, 1.807) is 17.1 Å². The summed E-state index contributed by atoms with van der Waals surface area (Å²) < 4.78 is 7.64. The number of rotatable bonds is 9. The molecular weight excluding hydrogens is 386 g/mol. The van der Waals surface area contributed by atoms with E-state index in [0.717, 1.165) is 36.6 Å². The summed E-state index contributed by atoms with van der Waals surface area (Å²) in [5.74, 6) is 0.934. The van der Waals surface area contributed by atoms with Crippen LogP contribution in [0.2, 0.25) is 0 Å². The van der Waals surface area contributed by atoms with E-state index in [4.69, 9.17) is 4.74 Å². The lowest BCUT2D eigenvalue weighted by Gasteiger charge is -2.20. The summed E-state index contributed by atoms with van der Waals surface area (Å²) in [4.78, 5) is 15.1. The molecule has 1 saturated heterocycles. The van der Waals surface area contributed by atoms with Crippen molar-refractivity contribution in [3.05, 3.63) is 77.6 Å². The highest BCUT2D eigenvalue weighted by Gasteiger charge is 2.19. The number of likely N-dealkylation sites (tertiary alicyclic amines) is 1. The van der Waals surface area contributed by atoms with Crippen molar-refractivity contribution in [2.24, 2.45) is 0 Å². The molecule has 3 aromatic rings. The minimum atomic E-state index is 0.0716. The van der Waals surface area contributed by atoms with Crippen LogP contribution in [-0.2, 0) is 6.42 Å². The lowest BCUT2D eigenvalue weighted by Crippen LogP contribution is -2.28. The number of hydrogen-bond donors (Lipinski definition) is 0. The molecule has 0 amide bonds. The second-order valence-corrected chi connectivity index (χ2v) is 8.48. The molecule has 1 aliphatic heterocycles. The highest BCUT2D eigenvalue weighted by atomic mass is 16.5. The molecule has 0 spiro atoms. The lowest BCUT2D eigenvalue weighted by molar-refractivity contribution is 0.0993. The standard InChI is InChI=1S/C26H31N3O2/c1-20-6-8-22(9-7-20)17-26(30)23-18-27-29(19-23)24-10-12-25(13-11-24)31-16-4-15-28-14-3-5-21(28)2/h6-13,18-19,21H,3-5,14-17H2,1-2H3. The topological polar surface area (TPSA) is 47.4 Å². The van der Waals surface area contributed by atoms with Crippen LogP contribution in [0.4, 0.5) is 0 Å². The maximum absolute atomic E-state index is 12.6. The first-order chi connectivity index (χ1) is 15.1. The second-order valence-electron chi connectivity index (χ2n) is 8.48. The van der Waals surface area contributed by atoms with E-state index in [-0.39, 0.29) is 5.78 Å².